The topological polar surface area (TPSA) is 27.7 Å². The summed E-state index contributed by atoms with van der Waals surface area (Å²) in [5.41, 5.74) is 0. The van der Waals surface area contributed by atoms with Crippen LogP contribution in [0.25, 0.3) is 0 Å². The molecular weight excluding hydrogens is 410 g/mol. The SMILES string of the molecule is C[SiH](C)O[SiH2][Si](CCC(F)(F)F)([SiH2]O[SiH](C)C)[SiH2]O[SiH](C)C. The summed E-state index contributed by atoms with van der Waals surface area (Å²) in [5.74, 6) is 0. The quantitative estimate of drug-likeness (QED) is 0.427. The molecule has 0 saturated carbocycles. The molecule has 13 heteroatoms. The molecule has 0 N–H and O–H groups in total. The van der Waals surface area contributed by atoms with Crippen molar-refractivity contribution in [3.05, 3.63) is 0 Å². The Morgan fingerprint density at radius 1 is 0.773 bits per heavy atom. The first-order chi connectivity index (χ1) is 9.96. The Bertz CT molecular complexity index is 273. The van der Waals surface area contributed by atoms with Crippen molar-refractivity contribution in [2.24, 2.45) is 0 Å². The van der Waals surface area contributed by atoms with Gasteiger partial charge in [-0.15, -0.1) is 0 Å². The largest absolute Gasteiger partial charge is 0.466 e. The van der Waals surface area contributed by atoms with Crippen LogP contribution in [0.4, 0.5) is 13.2 Å². The summed E-state index contributed by atoms with van der Waals surface area (Å²) in [5, 5.41) is 0. The second kappa shape index (κ2) is 10.9. The van der Waals surface area contributed by atoms with E-state index in [1.807, 2.05) is 0 Å². The number of hydrogen-bond acceptors (Lipinski definition) is 3. The highest BCUT2D eigenvalue weighted by molar-refractivity contribution is 7.68. The van der Waals surface area contributed by atoms with Crippen molar-refractivity contribution >= 4 is 61.6 Å². The van der Waals surface area contributed by atoms with Crippen molar-refractivity contribution in [2.75, 3.05) is 0 Å². The molecule has 0 aliphatic carbocycles. The van der Waals surface area contributed by atoms with E-state index in [1.165, 1.54) is 0 Å². The molecular formula is C9H31F3O3Si7. The molecule has 0 aromatic heterocycles. The highest BCUT2D eigenvalue weighted by atomic mass is 29.9. The van der Waals surface area contributed by atoms with Gasteiger partial charge in [0.2, 0.25) is 0 Å². The maximum Gasteiger partial charge on any atom is 0.388 e. The fourth-order valence-electron chi connectivity index (χ4n) is 1.78. The number of hydrogen-bond donors (Lipinski definition) is 0. The third kappa shape index (κ3) is 12.6. The fraction of sp³-hybridized carbons (Fsp3) is 1.00. The normalized spacial score (nSPS) is 17.5. The third-order valence-electron chi connectivity index (χ3n) is 3.11. The van der Waals surface area contributed by atoms with Crippen molar-refractivity contribution in [1.82, 2.24) is 0 Å². The van der Waals surface area contributed by atoms with Gasteiger partial charge in [0.1, 0.15) is 34.5 Å². The second-order valence-corrected chi connectivity index (χ2v) is 46.5. The zero-order chi connectivity index (χ0) is 17.4. The molecule has 0 fully saturated rings. The van der Waals surface area contributed by atoms with Crippen LogP contribution in [0.1, 0.15) is 6.42 Å². The van der Waals surface area contributed by atoms with E-state index in [2.05, 4.69) is 39.3 Å². The lowest BCUT2D eigenvalue weighted by molar-refractivity contribution is -0.130. The molecule has 0 bridgehead atoms. The van der Waals surface area contributed by atoms with Crippen LogP contribution in [0, 0.1) is 0 Å². The first kappa shape index (κ1) is 23.2. The van der Waals surface area contributed by atoms with Crippen molar-refractivity contribution in [1.29, 1.82) is 0 Å². The molecule has 134 valence electrons. The fourth-order valence-corrected chi connectivity index (χ4v) is 55.0. The minimum atomic E-state index is -4.06. The van der Waals surface area contributed by atoms with Crippen molar-refractivity contribution in [2.45, 2.75) is 57.9 Å². The number of halogens is 3. The maximum absolute atomic E-state index is 12.8. The molecule has 0 saturated heterocycles. The molecule has 0 unspecified atom stereocenters. The summed E-state index contributed by atoms with van der Waals surface area (Å²) in [7, 11) is -6.09. The van der Waals surface area contributed by atoms with Crippen LogP contribution < -0.4 is 0 Å². The summed E-state index contributed by atoms with van der Waals surface area (Å²) < 4.78 is 56.4. The van der Waals surface area contributed by atoms with Crippen LogP contribution in [0.15, 0.2) is 0 Å². The maximum atomic E-state index is 12.8. The monoisotopic (exact) mass is 440 g/mol. The van der Waals surface area contributed by atoms with Crippen LogP contribution in [-0.2, 0) is 12.3 Å². The van der Waals surface area contributed by atoms with Crippen molar-refractivity contribution in [3.63, 3.8) is 0 Å². The van der Waals surface area contributed by atoms with Gasteiger partial charge in [-0.1, -0.05) is 0 Å². The smallest absolute Gasteiger partial charge is 0.388 e. The highest BCUT2D eigenvalue weighted by Gasteiger charge is 2.41. The number of alkyl halides is 3. The molecule has 0 atom stereocenters. The Hall–Kier alpha value is 1.19. The first-order valence-corrected chi connectivity index (χ1v) is 27.1. The second-order valence-electron chi connectivity index (χ2n) is 6.69. The zero-order valence-electron chi connectivity index (χ0n) is 14.6. The molecule has 22 heavy (non-hydrogen) atoms. The minimum absolute atomic E-state index is 0.324. The van der Waals surface area contributed by atoms with E-state index in [0.717, 1.165) is 0 Å². The Morgan fingerprint density at radius 2 is 1.09 bits per heavy atom. The summed E-state index contributed by atoms with van der Waals surface area (Å²) in [6.45, 7) is 10.7. The molecule has 0 aliphatic heterocycles. The lowest BCUT2D eigenvalue weighted by atomic mass is 10.5. The Labute approximate surface area is 145 Å². The van der Waals surface area contributed by atoms with E-state index in [1.54, 1.807) is 0 Å². The average Bonchev–Trinajstić information content (AvgIpc) is 2.35. The number of rotatable bonds is 11. The van der Waals surface area contributed by atoms with E-state index in [9.17, 15) is 13.2 Å². The molecule has 3 nitrogen and oxygen atoms in total. The highest BCUT2D eigenvalue weighted by Crippen LogP contribution is 2.25. The van der Waals surface area contributed by atoms with E-state index in [4.69, 9.17) is 12.3 Å². The van der Waals surface area contributed by atoms with E-state index >= 15 is 0 Å². The van der Waals surface area contributed by atoms with Crippen LogP contribution in [0.3, 0.4) is 0 Å². The Morgan fingerprint density at radius 3 is 1.32 bits per heavy atom. The van der Waals surface area contributed by atoms with Crippen LogP contribution in [0.5, 0.6) is 0 Å². The summed E-state index contributed by atoms with van der Waals surface area (Å²) in [4.78, 5) is 0. The lowest BCUT2D eigenvalue weighted by Crippen LogP contribution is -2.60. The van der Waals surface area contributed by atoms with Crippen LogP contribution in [-0.4, -0.2) is 67.8 Å². The summed E-state index contributed by atoms with van der Waals surface area (Å²) in [6.07, 6.45) is -4.71. The van der Waals surface area contributed by atoms with E-state index in [-0.39, 0.29) is 0 Å². The first-order valence-electron chi connectivity index (χ1n) is 7.87. The van der Waals surface area contributed by atoms with E-state index in [0.29, 0.717) is 6.04 Å². The average molecular weight is 441 g/mol. The molecule has 0 amide bonds. The van der Waals surface area contributed by atoms with Crippen LogP contribution >= 0.6 is 0 Å². The van der Waals surface area contributed by atoms with Gasteiger partial charge < -0.3 is 12.3 Å². The molecule has 0 aliphatic rings. The van der Waals surface area contributed by atoms with Crippen molar-refractivity contribution < 1.29 is 25.5 Å². The van der Waals surface area contributed by atoms with Crippen LogP contribution in [0.2, 0.25) is 45.3 Å². The third-order valence-corrected chi connectivity index (χ3v) is 40.5. The molecule has 0 aromatic carbocycles. The van der Waals surface area contributed by atoms with Gasteiger partial charge in [-0.05, 0) is 45.3 Å². The predicted octanol–water partition coefficient (Wildman–Crippen LogP) is 0.129. The standard InChI is InChI=1S/C9H31F3O3Si7/c1-19(2)13-16-22(17-14-20(3)4,18-15-21(5)6)8-7-9(10,11)12/h19-21H,7-8,16-18H2,1-6H3. The summed E-state index contributed by atoms with van der Waals surface area (Å²) >= 11 is 0. The van der Waals surface area contributed by atoms with Gasteiger partial charge in [0.05, 0.1) is 0 Å². The summed E-state index contributed by atoms with van der Waals surface area (Å²) in [6, 6.07) is 0.324. The molecule has 0 rings (SSSR count). The van der Waals surface area contributed by atoms with E-state index < -0.39 is 74.2 Å². The van der Waals surface area contributed by atoms with Gasteiger partial charge in [-0.3, -0.25) is 0 Å². The predicted molar refractivity (Wildman–Crippen MR) is 107 cm³/mol. The zero-order valence-corrected chi connectivity index (χ0v) is 23.3. The lowest BCUT2D eigenvalue weighted by Gasteiger charge is -2.32. The van der Waals surface area contributed by atoms with Gasteiger partial charge in [0.15, 0.2) is 27.1 Å². The molecule has 0 spiro atoms. The molecule has 0 aromatic rings. The van der Waals surface area contributed by atoms with Crippen molar-refractivity contribution in [3.8, 4) is 0 Å². The Kier molecular flexibility index (Phi) is 11.5. The van der Waals surface area contributed by atoms with Gasteiger partial charge in [-0.2, -0.15) is 13.2 Å². The Balaban J connectivity index is 5.00. The molecule has 0 radical (unpaired) electrons. The minimum Gasteiger partial charge on any atom is -0.466 e. The van der Waals surface area contributed by atoms with Gasteiger partial charge >= 0.3 is 6.18 Å². The van der Waals surface area contributed by atoms with Gasteiger partial charge in [0.25, 0.3) is 0 Å². The molecule has 0 heterocycles. The van der Waals surface area contributed by atoms with Gasteiger partial charge in [-0.25, -0.2) is 0 Å². The van der Waals surface area contributed by atoms with Gasteiger partial charge in [0, 0.05) is 6.42 Å².